The van der Waals surface area contributed by atoms with E-state index in [0.717, 1.165) is 10.9 Å². The van der Waals surface area contributed by atoms with Crippen molar-refractivity contribution in [2.75, 3.05) is 5.32 Å². The molecule has 0 saturated heterocycles. The Morgan fingerprint density at radius 1 is 1.17 bits per heavy atom. The van der Waals surface area contributed by atoms with E-state index in [1.54, 1.807) is 36.8 Å². The normalized spacial score (nSPS) is 10.4. The number of anilines is 1. The number of fused-ring (bicyclic) bond motifs is 1. The fourth-order valence-corrected chi connectivity index (χ4v) is 1.79. The minimum Gasteiger partial charge on any atom is -0.321 e. The van der Waals surface area contributed by atoms with Crippen molar-refractivity contribution in [3.05, 3.63) is 54.5 Å². The molecule has 0 atom stereocenters. The summed E-state index contributed by atoms with van der Waals surface area (Å²) in [5.41, 5.74) is 1.96. The van der Waals surface area contributed by atoms with Gasteiger partial charge in [-0.05, 0) is 18.2 Å². The minimum absolute atomic E-state index is 0.183. The van der Waals surface area contributed by atoms with Crippen LogP contribution in [0.4, 0.5) is 5.69 Å². The smallest absolute Gasteiger partial charge is 0.257 e. The van der Waals surface area contributed by atoms with Gasteiger partial charge in [-0.15, -0.1) is 0 Å². The van der Waals surface area contributed by atoms with Gasteiger partial charge in [-0.2, -0.15) is 5.10 Å². The topological polar surface area (TPSA) is 70.7 Å². The maximum absolute atomic E-state index is 12.1. The lowest BCUT2D eigenvalue weighted by molar-refractivity contribution is 0.102. The third-order valence-electron chi connectivity index (χ3n) is 2.64. The number of rotatable bonds is 2. The average Bonchev–Trinajstić information content (AvgIpc) is 2.87. The van der Waals surface area contributed by atoms with Crippen LogP contribution in [-0.2, 0) is 0 Å². The number of carbonyl (C=O) groups excluding carboxylic acids is 1. The van der Waals surface area contributed by atoms with Crippen molar-refractivity contribution in [1.82, 2.24) is 15.2 Å². The van der Waals surface area contributed by atoms with Gasteiger partial charge in [0, 0.05) is 11.6 Å². The molecule has 0 saturated carbocycles. The maximum Gasteiger partial charge on any atom is 0.257 e. The molecule has 0 aliphatic carbocycles. The van der Waals surface area contributed by atoms with Crippen LogP contribution in [0.15, 0.2) is 48.9 Å². The summed E-state index contributed by atoms with van der Waals surface area (Å²) in [7, 11) is 0. The Hall–Kier alpha value is -2.69. The van der Waals surface area contributed by atoms with E-state index < -0.39 is 0 Å². The molecule has 0 spiro atoms. The van der Waals surface area contributed by atoms with Gasteiger partial charge in [-0.25, -0.2) is 0 Å². The van der Waals surface area contributed by atoms with Crippen LogP contribution in [0.5, 0.6) is 0 Å². The van der Waals surface area contributed by atoms with Gasteiger partial charge < -0.3 is 5.32 Å². The number of aromatic nitrogens is 3. The van der Waals surface area contributed by atoms with E-state index in [4.69, 9.17) is 0 Å². The summed E-state index contributed by atoms with van der Waals surface area (Å²) in [5, 5.41) is 10.5. The lowest BCUT2D eigenvalue weighted by atomic mass is 10.1. The van der Waals surface area contributed by atoms with Gasteiger partial charge in [-0.1, -0.05) is 12.1 Å². The monoisotopic (exact) mass is 238 g/mol. The summed E-state index contributed by atoms with van der Waals surface area (Å²) in [4.78, 5) is 16.1. The van der Waals surface area contributed by atoms with Crippen LogP contribution < -0.4 is 5.32 Å². The third kappa shape index (κ3) is 1.82. The van der Waals surface area contributed by atoms with Crippen LogP contribution in [0.2, 0.25) is 0 Å². The fraction of sp³-hybridized carbons (Fsp3) is 0. The summed E-state index contributed by atoms with van der Waals surface area (Å²) in [5.74, 6) is -0.183. The number of benzene rings is 1. The molecule has 0 unspecified atom stereocenters. The van der Waals surface area contributed by atoms with E-state index in [9.17, 15) is 4.79 Å². The standard InChI is InChI=1S/C13H10N4O/c18-13(16-10-4-2-6-14-8-10)11-5-1-3-9-7-15-17-12(9)11/h1-8H,(H,15,17)(H,16,18). The number of carbonyl (C=O) groups is 1. The number of hydrogen-bond donors (Lipinski definition) is 2. The van der Waals surface area contributed by atoms with E-state index in [1.165, 1.54) is 0 Å². The number of para-hydroxylation sites is 1. The Morgan fingerprint density at radius 2 is 2.11 bits per heavy atom. The summed E-state index contributed by atoms with van der Waals surface area (Å²) in [6, 6.07) is 9.05. The molecular weight excluding hydrogens is 228 g/mol. The summed E-state index contributed by atoms with van der Waals surface area (Å²) in [6.07, 6.45) is 4.95. The van der Waals surface area contributed by atoms with Crippen molar-refractivity contribution in [2.45, 2.75) is 0 Å². The first kappa shape index (κ1) is 10.5. The highest BCUT2D eigenvalue weighted by Crippen LogP contribution is 2.17. The molecule has 88 valence electrons. The highest BCUT2D eigenvalue weighted by molar-refractivity contribution is 6.11. The Balaban J connectivity index is 1.95. The summed E-state index contributed by atoms with van der Waals surface area (Å²) >= 11 is 0. The van der Waals surface area contributed by atoms with E-state index in [-0.39, 0.29) is 5.91 Å². The molecule has 0 aliphatic rings. The predicted molar refractivity (Wildman–Crippen MR) is 68.3 cm³/mol. The number of aromatic amines is 1. The maximum atomic E-state index is 12.1. The number of pyridine rings is 1. The molecule has 3 aromatic rings. The quantitative estimate of drug-likeness (QED) is 0.719. The zero-order valence-electron chi connectivity index (χ0n) is 9.42. The lowest BCUT2D eigenvalue weighted by Gasteiger charge is -2.05. The fourth-order valence-electron chi connectivity index (χ4n) is 1.79. The molecule has 0 fully saturated rings. The van der Waals surface area contributed by atoms with Crippen molar-refractivity contribution < 1.29 is 4.79 Å². The van der Waals surface area contributed by atoms with Crippen LogP contribution >= 0.6 is 0 Å². The van der Waals surface area contributed by atoms with Crippen molar-refractivity contribution in [2.24, 2.45) is 0 Å². The van der Waals surface area contributed by atoms with E-state index >= 15 is 0 Å². The molecule has 3 rings (SSSR count). The molecule has 2 aromatic heterocycles. The third-order valence-corrected chi connectivity index (χ3v) is 2.64. The Bertz CT molecular complexity index is 690. The van der Waals surface area contributed by atoms with Gasteiger partial charge in [0.1, 0.15) is 0 Å². The summed E-state index contributed by atoms with van der Waals surface area (Å²) < 4.78 is 0. The second-order valence-corrected chi connectivity index (χ2v) is 3.84. The van der Waals surface area contributed by atoms with Gasteiger partial charge in [0.25, 0.3) is 5.91 Å². The molecule has 0 aliphatic heterocycles. The molecule has 2 N–H and O–H groups in total. The number of nitrogens with one attached hydrogen (secondary N) is 2. The van der Waals surface area contributed by atoms with Crippen LogP contribution in [0.1, 0.15) is 10.4 Å². The summed E-state index contributed by atoms with van der Waals surface area (Å²) in [6.45, 7) is 0. The molecule has 1 amide bonds. The second-order valence-electron chi connectivity index (χ2n) is 3.84. The van der Waals surface area contributed by atoms with Crippen LogP contribution in [0.25, 0.3) is 10.9 Å². The Morgan fingerprint density at radius 3 is 2.94 bits per heavy atom. The average molecular weight is 238 g/mol. The SMILES string of the molecule is O=C(Nc1cccnc1)c1cccc2cn[nH]c12. The van der Waals surface area contributed by atoms with Gasteiger partial charge in [0.05, 0.1) is 29.2 Å². The number of hydrogen-bond acceptors (Lipinski definition) is 3. The van der Waals surface area contributed by atoms with Crippen molar-refractivity contribution in [3.63, 3.8) is 0 Å². The van der Waals surface area contributed by atoms with Crippen LogP contribution in [0, 0.1) is 0 Å². The van der Waals surface area contributed by atoms with E-state index in [1.807, 2.05) is 12.1 Å². The van der Waals surface area contributed by atoms with Crippen LogP contribution in [-0.4, -0.2) is 21.1 Å². The zero-order valence-corrected chi connectivity index (χ0v) is 9.42. The van der Waals surface area contributed by atoms with Crippen LogP contribution in [0.3, 0.4) is 0 Å². The molecule has 2 heterocycles. The van der Waals surface area contributed by atoms with Crippen molar-refractivity contribution in [1.29, 1.82) is 0 Å². The largest absolute Gasteiger partial charge is 0.321 e. The molecule has 0 bridgehead atoms. The molecule has 18 heavy (non-hydrogen) atoms. The highest BCUT2D eigenvalue weighted by atomic mass is 16.1. The van der Waals surface area contributed by atoms with Gasteiger partial charge >= 0.3 is 0 Å². The predicted octanol–water partition coefficient (Wildman–Crippen LogP) is 2.21. The molecule has 0 radical (unpaired) electrons. The Labute approximate surface area is 103 Å². The van der Waals surface area contributed by atoms with Gasteiger partial charge in [-0.3, -0.25) is 14.9 Å². The van der Waals surface area contributed by atoms with Crippen molar-refractivity contribution >= 4 is 22.5 Å². The number of amides is 1. The zero-order chi connectivity index (χ0) is 12.4. The first-order valence-corrected chi connectivity index (χ1v) is 5.48. The van der Waals surface area contributed by atoms with Gasteiger partial charge in [0.15, 0.2) is 0 Å². The highest BCUT2D eigenvalue weighted by Gasteiger charge is 2.11. The number of nitrogens with zero attached hydrogens (tertiary/aromatic N) is 2. The molecule has 5 heteroatoms. The van der Waals surface area contributed by atoms with E-state index in [2.05, 4.69) is 20.5 Å². The van der Waals surface area contributed by atoms with Gasteiger partial charge in [0.2, 0.25) is 0 Å². The van der Waals surface area contributed by atoms with Crippen molar-refractivity contribution in [3.8, 4) is 0 Å². The first-order valence-electron chi connectivity index (χ1n) is 5.48. The minimum atomic E-state index is -0.183. The first-order chi connectivity index (χ1) is 8.84. The van der Waals surface area contributed by atoms with E-state index in [0.29, 0.717) is 11.3 Å². The second kappa shape index (κ2) is 4.29. The lowest BCUT2D eigenvalue weighted by Crippen LogP contribution is -2.12. The molecular formula is C13H10N4O. The Kier molecular flexibility index (Phi) is 2.49. The molecule has 1 aromatic carbocycles. The molecule has 5 nitrogen and oxygen atoms in total. The number of H-pyrrole nitrogens is 1.